The van der Waals surface area contributed by atoms with Crippen molar-refractivity contribution in [3.8, 4) is 11.5 Å². The van der Waals surface area contributed by atoms with Crippen LogP contribution in [0.3, 0.4) is 0 Å². The Morgan fingerprint density at radius 2 is 1.83 bits per heavy atom. The Morgan fingerprint density at radius 3 is 2.42 bits per heavy atom. The third-order valence-electron chi connectivity index (χ3n) is 3.23. The summed E-state index contributed by atoms with van der Waals surface area (Å²) < 4.78 is 36.0. The summed E-state index contributed by atoms with van der Waals surface area (Å²) in [6.45, 7) is 1.82. The lowest BCUT2D eigenvalue weighted by Crippen LogP contribution is -1.99. The van der Waals surface area contributed by atoms with E-state index in [1.165, 1.54) is 12.3 Å². The molecule has 0 radical (unpaired) electrons. The van der Waals surface area contributed by atoms with Gasteiger partial charge in [0.15, 0.2) is 0 Å². The molecule has 1 heterocycles. The van der Waals surface area contributed by atoms with Gasteiger partial charge in [-0.1, -0.05) is 11.2 Å². The van der Waals surface area contributed by atoms with Gasteiger partial charge in [-0.2, -0.15) is 0 Å². The molecule has 1 aromatic carbocycles. The van der Waals surface area contributed by atoms with E-state index in [-0.39, 0.29) is 12.3 Å². The highest BCUT2D eigenvalue weighted by molar-refractivity contribution is 5.76. The molecule has 0 saturated carbocycles. The van der Waals surface area contributed by atoms with Gasteiger partial charge in [-0.25, -0.2) is 13.8 Å². The summed E-state index contributed by atoms with van der Waals surface area (Å²) in [5.41, 5.74) is 1.39. The van der Waals surface area contributed by atoms with E-state index >= 15 is 0 Å². The molecule has 0 aliphatic rings. The number of nitrogens with zero attached hydrogens (tertiary/aromatic N) is 2. The summed E-state index contributed by atoms with van der Waals surface area (Å²) in [6.07, 6.45) is -1.34. The van der Waals surface area contributed by atoms with Crippen molar-refractivity contribution in [1.29, 1.82) is 0 Å². The van der Waals surface area contributed by atoms with Crippen molar-refractivity contribution >= 4 is 6.21 Å². The Kier molecular flexibility index (Phi) is 6.06. The fourth-order valence-electron chi connectivity index (χ4n) is 2.16. The van der Waals surface area contributed by atoms with Gasteiger partial charge in [0.2, 0.25) is 0 Å². The Balaban J connectivity index is 2.08. The quantitative estimate of drug-likeness (QED) is 0.568. The third kappa shape index (κ3) is 4.41. The summed E-state index contributed by atoms with van der Waals surface area (Å²) >= 11 is 0. The minimum absolute atomic E-state index is 0.108. The molecule has 0 fully saturated rings. The Bertz CT molecular complexity index is 699. The number of rotatable bonds is 7. The molecule has 0 aliphatic heterocycles. The van der Waals surface area contributed by atoms with Gasteiger partial charge >= 0.3 is 0 Å². The zero-order valence-corrected chi connectivity index (χ0v) is 13.6. The van der Waals surface area contributed by atoms with Crippen molar-refractivity contribution in [3.05, 3.63) is 52.8 Å². The maximum atomic E-state index is 12.7. The number of aryl methyl sites for hydroxylation is 1. The van der Waals surface area contributed by atoms with Crippen LogP contribution in [0.15, 0.2) is 35.5 Å². The minimum Gasteiger partial charge on any atom is -0.496 e. The standard InChI is InChI=1S/C17H18F2N2O3/c1-11-7-12(21-14(8-11)17(18)19)9-20-24-10-13-15(22-2)5-4-6-16(13)23-3/h4-9,17H,10H2,1-3H3. The van der Waals surface area contributed by atoms with E-state index in [4.69, 9.17) is 14.3 Å². The first-order valence-electron chi connectivity index (χ1n) is 7.17. The highest BCUT2D eigenvalue weighted by Crippen LogP contribution is 2.28. The lowest BCUT2D eigenvalue weighted by atomic mass is 10.2. The summed E-state index contributed by atoms with van der Waals surface area (Å²) in [6, 6.07) is 8.34. The van der Waals surface area contributed by atoms with E-state index in [1.807, 2.05) is 0 Å². The lowest BCUT2D eigenvalue weighted by Gasteiger charge is -2.11. The number of methoxy groups -OCH3 is 2. The van der Waals surface area contributed by atoms with Crippen molar-refractivity contribution in [2.75, 3.05) is 14.2 Å². The molecule has 5 nitrogen and oxygen atoms in total. The highest BCUT2D eigenvalue weighted by Gasteiger charge is 2.11. The van der Waals surface area contributed by atoms with E-state index < -0.39 is 6.43 Å². The van der Waals surface area contributed by atoms with Crippen molar-refractivity contribution in [3.63, 3.8) is 0 Å². The van der Waals surface area contributed by atoms with E-state index in [0.717, 1.165) is 0 Å². The first kappa shape index (κ1) is 17.7. The predicted octanol–water partition coefficient (Wildman–Crippen LogP) is 3.90. The van der Waals surface area contributed by atoms with Crippen molar-refractivity contribution in [2.45, 2.75) is 20.0 Å². The first-order valence-corrected chi connectivity index (χ1v) is 7.17. The number of halogens is 2. The zero-order valence-electron chi connectivity index (χ0n) is 13.6. The van der Waals surface area contributed by atoms with Crippen LogP contribution < -0.4 is 9.47 Å². The highest BCUT2D eigenvalue weighted by atomic mass is 19.3. The van der Waals surface area contributed by atoms with Gasteiger partial charge in [0, 0.05) is 0 Å². The molecular weight excluding hydrogens is 318 g/mol. The predicted molar refractivity (Wildman–Crippen MR) is 85.9 cm³/mol. The molecular formula is C17H18F2N2O3. The van der Waals surface area contributed by atoms with Crippen molar-refractivity contribution in [2.24, 2.45) is 5.16 Å². The summed E-state index contributed by atoms with van der Waals surface area (Å²) in [4.78, 5) is 9.05. The van der Waals surface area contributed by atoms with Gasteiger partial charge in [0.1, 0.15) is 23.8 Å². The molecule has 128 valence electrons. The summed E-state index contributed by atoms with van der Waals surface area (Å²) in [5, 5.41) is 3.79. The minimum atomic E-state index is -2.63. The number of alkyl halides is 2. The number of hydrogen-bond acceptors (Lipinski definition) is 5. The molecule has 0 bridgehead atoms. The smallest absolute Gasteiger partial charge is 0.280 e. The van der Waals surface area contributed by atoms with E-state index in [9.17, 15) is 8.78 Å². The number of ether oxygens (including phenoxy) is 2. The van der Waals surface area contributed by atoms with Crippen LogP contribution in [-0.2, 0) is 11.4 Å². The van der Waals surface area contributed by atoms with Crippen molar-refractivity contribution in [1.82, 2.24) is 4.98 Å². The van der Waals surface area contributed by atoms with Gasteiger partial charge < -0.3 is 14.3 Å². The third-order valence-corrected chi connectivity index (χ3v) is 3.23. The largest absolute Gasteiger partial charge is 0.496 e. The van der Waals surface area contributed by atoms with Gasteiger partial charge in [-0.05, 0) is 36.8 Å². The summed E-state index contributed by atoms with van der Waals surface area (Å²) in [7, 11) is 3.09. The van der Waals surface area contributed by atoms with Crippen LogP contribution in [-0.4, -0.2) is 25.4 Å². The molecule has 0 atom stereocenters. The molecule has 0 N–H and O–H groups in total. The number of aromatic nitrogens is 1. The normalized spacial score (nSPS) is 11.1. The van der Waals surface area contributed by atoms with Crippen LogP contribution in [0.2, 0.25) is 0 Å². The maximum absolute atomic E-state index is 12.7. The second-order valence-corrected chi connectivity index (χ2v) is 4.94. The molecule has 24 heavy (non-hydrogen) atoms. The van der Waals surface area contributed by atoms with Crippen LogP contribution >= 0.6 is 0 Å². The Hall–Kier alpha value is -2.70. The van der Waals surface area contributed by atoms with Crippen LogP contribution in [0, 0.1) is 6.92 Å². The SMILES string of the molecule is COc1cccc(OC)c1CON=Cc1cc(C)cc(C(F)F)n1. The second kappa shape index (κ2) is 8.24. The monoisotopic (exact) mass is 336 g/mol. The molecule has 0 amide bonds. The first-order chi connectivity index (χ1) is 11.5. The van der Waals surface area contributed by atoms with Crippen molar-refractivity contribution < 1.29 is 23.1 Å². The van der Waals surface area contributed by atoms with E-state index in [1.54, 1.807) is 45.4 Å². The molecule has 2 rings (SSSR count). The van der Waals surface area contributed by atoms with Gasteiger partial charge in [0.25, 0.3) is 6.43 Å². The number of hydrogen-bond donors (Lipinski definition) is 0. The van der Waals surface area contributed by atoms with Gasteiger partial charge in [-0.3, -0.25) is 0 Å². The second-order valence-electron chi connectivity index (χ2n) is 4.94. The van der Waals surface area contributed by atoms with Gasteiger partial charge in [0.05, 0.1) is 31.7 Å². The molecule has 0 saturated heterocycles. The average Bonchev–Trinajstić information content (AvgIpc) is 2.57. The van der Waals surface area contributed by atoms with Crippen LogP contribution in [0.4, 0.5) is 8.78 Å². The van der Waals surface area contributed by atoms with Gasteiger partial charge in [-0.15, -0.1) is 0 Å². The molecule has 7 heteroatoms. The molecule has 0 unspecified atom stereocenters. The average molecular weight is 336 g/mol. The molecule has 2 aromatic rings. The Morgan fingerprint density at radius 1 is 1.17 bits per heavy atom. The van der Waals surface area contributed by atoms with Crippen LogP contribution in [0.5, 0.6) is 11.5 Å². The fourth-order valence-corrected chi connectivity index (χ4v) is 2.16. The fraction of sp³-hybridized carbons (Fsp3) is 0.294. The zero-order chi connectivity index (χ0) is 17.5. The molecule has 0 aliphatic carbocycles. The Labute approximate surface area is 138 Å². The number of pyridine rings is 1. The number of oxime groups is 1. The molecule has 1 aromatic heterocycles. The summed E-state index contributed by atoms with van der Waals surface area (Å²) in [5.74, 6) is 1.22. The van der Waals surface area contributed by atoms with Crippen LogP contribution in [0.1, 0.15) is 28.9 Å². The van der Waals surface area contributed by atoms with Crippen LogP contribution in [0.25, 0.3) is 0 Å². The topological polar surface area (TPSA) is 52.9 Å². The molecule has 0 spiro atoms. The van der Waals surface area contributed by atoms with E-state index in [0.29, 0.717) is 28.3 Å². The maximum Gasteiger partial charge on any atom is 0.280 e. The lowest BCUT2D eigenvalue weighted by molar-refractivity contribution is 0.127. The number of benzene rings is 1. The van der Waals surface area contributed by atoms with E-state index in [2.05, 4.69) is 10.1 Å².